The topological polar surface area (TPSA) is 58.6 Å². The van der Waals surface area contributed by atoms with Gasteiger partial charge < -0.3 is 15.0 Å². The lowest BCUT2D eigenvalue weighted by atomic mass is 10.1. The summed E-state index contributed by atoms with van der Waals surface area (Å²) in [7, 11) is 1.54. The highest BCUT2D eigenvalue weighted by molar-refractivity contribution is 5.94. The van der Waals surface area contributed by atoms with Crippen molar-refractivity contribution in [1.29, 1.82) is 0 Å². The first-order valence-electron chi connectivity index (χ1n) is 8.13. The fraction of sp³-hybridized carbons (Fsp3) is 0.263. The van der Waals surface area contributed by atoms with Crippen LogP contribution in [-0.2, 0) is 16.0 Å². The molecule has 0 aliphatic heterocycles. The average molecular weight is 380 g/mol. The fourth-order valence-electron chi connectivity index (χ4n) is 2.43. The van der Waals surface area contributed by atoms with Crippen molar-refractivity contribution in [2.75, 3.05) is 25.5 Å². The number of nitrogens with zero attached hydrogens (tertiary/aromatic N) is 1. The maximum atomic E-state index is 13.6. The Morgan fingerprint density at radius 2 is 1.85 bits per heavy atom. The predicted molar refractivity (Wildman–Crippen MR) is 93.9 cm³/mol. The number of anilines is 1. The van der Waals surface area contributed by atoms with Crippen LogP contribution in [0.3, 0.4) is 0 Å². The second-order valence-electron chi connectivity index (χ2n) is 5.81. The molecular formula is C19H19F3N2O3. The molecular weight excluding hydrogens is 361 g/mol. The molecule has 0 saturated carbocycles. The van der Waals surface area contributed by atoms with E-state index < -0.39 is 29.0 Å². The van der Waals surface area contributed by atoms with Crippen LogP contribution in [0.1, 0.15) is 12.5 Å². The largest absolute Gasteiger partial charge is 0.497 e. The van der Waals surface area contributed by atoms with Crippen molar-refractivity contribution < 1.29 is 27.5 Å². The van der Waals surface area contributed by atoms with Crippen LogP contribution in [0, 0.1) is 17.5 Å². The zero-order chi connectivity index (χ0) is 20.0. The first-order valence-corrected chi connectivity index (χ1v) is 8.13. The van der Waals surface area contributed by atoms with Crippen LogP contribution in [-0.4, -0.2) is 36.9 Å². The summed E-state index contributed by atoms with van der Waals surface area (Å²) in [5.41, 5.74) is 0.419. The molecule has 0 saturated heterocycles. The van der Waals surface area contributed by atoms with Crippen LogP contribution >= 0.6 is 0 Å². The summed E-state index contributed by atoms with van der Waals surface area (Å²) in [6, 6.07) is 8.90. The number of methoxy groups -OCH3 is 1. The second-order valence-corrected chi connectivity index (χ2v) is 5.81. The molecule has 0 aromatic heterocycles. The van der Waals surface area contributed by atoms with Gasteiger partial charge in [0.25, 0.3) is 0 Å². The lowest BCUT2D eigenvalue weighted by Gasteiger charge is -2.21. The Morgan fingerprint density at radius 1 is 1.11 bits per heavy atom. The Morgan fingerprint density at radius 3 is 2.52 bits per heavy atom. The van der Waals surface area contributed by atoms with Gasteiger partial charge in [-0.3, -0.25) is 9.59 Å². The van der Waals surface area contributed by atoms with Crippen molar-refractivity contribution in [2.24, 2.45) is 0 Å². The molecule has 0 atom stereocenters. The van der Waals surface area contributed by atoms with Crippen LogP contribution in [0.4, 0.5) is 18.9 Å². The Kier molecular flexibility index (Phi) is 6.81. The van der Waals surface area contributed by atoms with E-state index >= 15 is 0 Å². The Balaban J connectivity index is 2.00. The highest BCUT2D eigenvalue weighted by Gasteiger charge is 2.18. The van der Waals surface area contributed by atoms with Crippen molar-refractivity contribution in [2.45, 2.75) is 13.3 Å². The van der Waals surface area contributed by atoms with Gasteiger partial charge >= 0.3 is 0 Å². The minimum absolute atomic E-state index is 0.246. The fourth-order valence-corrected chi connectivity index (χ4v) is 2.43. The van der Waals surface area contributed by atoms with E-state index in [0.29, 0.717) is 18.2 Å². The molecule has 0 bridgehead atoms. The van der Waals surface area contributed by atoms with Crippen molar-refractivity contribution in [3.63, 3.8) is 0 Å². The molecule has 0 aliphatic carbocycles. The standard InChI is InChI=1S/C19H19F3N2O3/c1-12(25)24(9-8-13-4-3-5-14(10-13)27-2)11-17(26)23-16-7-6-15(20)18(21)19(16)22/h3-7,10H,8-9,11H2,1-2H3,(H,23,26). The van der Waals surface area contributed by atoms with Gasteiger partial charge in [0.1, 0.15) is 5.75 Å². The number of hydrogen-bond donors (Lipinski definition) is 1. The van der Waals surface area contributed by atoms with Crippen LogP contribution in [0.2, 0.25) is 0 Å². The highest BCUT2D eigenvalue weighted by atomic mass is 19.2. The van der Waals surface area contributed by atoms with Gasteiger partial charge in [-0.15, -0.1) is 0 Å². The quantitative estimate of drug-likeness (QED) is 0.751. The molecule has 0 radical (unpaired) electrons. The Labute approximate surface area is 154 Å². The van der Waals surface area contributed by atoms with E-state index in [1.54, 1.807) is 13.2 Å². The third-order valence-corrected chi connectivity index (χ3v) is 3.89. The summed E-state index contributed by atoms with van der Waals surface area (Å²) in [5.74, 6) is -4.91. The molecule has 0 heterocycles. The third kappa shape index (κ3) is 5.47. The van der Waals surface area contributed by atoms with Gasteiger partial charge in [0.05, 0.1) is 19.3 Å². The zero-order valence-corrected chi connectivity index (χ0v) is 14.9. The van der Waals surface area contributed by atoms with E-state index in [1.165, 1.54) is 11.8 Å². The molecule has 8 heteroatoms. The second kappa shape index (κ2) is 9.07. The molecule has 2 aromatic carbocycles. The summed E-state index contributed by atoms with van der Waals surface area (Å²) in [5, 5.41) is 2.15. The number of carbonyl (C=O) groups is 2. The molecule has 27 heavy (non-hydrogen) atoms. The Bertz CT molecular complexity index is 843. The number of halogens is 3. The molecule has 0 aliphatic rings. The number of hydrogen-bond acceptors (Lipinski definition) is 3. The van der Waals surface area contributed by atoms with Crippen molar-refractivity contribution >= 4 is 17.5 Å². The SMILES string of the molecule is COc1cccc(CCN(CC(=O)Nc2ccc(F)c(F)c2F)C(C)=O)c1. The molecule has 2 amide bonds. The lowest BCUT2D eigenvalue weighted by molar-refractivity contribution is -0.132. The van der Waals surface area contributed by atoms with E-state index in [0.717, 1.165) is 11.6 Å². The monoisotopic (exact) mass is 380 g/mol. The van der Waals surface area contributed by atoms with E-state index in [-0.39, 0.29) is 19.0 Å². The summed E-state index contributed by atoms with van der Waals surface area (Å²) < 4.78 is 44.9. The normalized spacial score (nSPS) is 10.4. The van der Waals surface area contributed by atoms with Gasteiger partial charge in [0.2, 0.25) is 11.8 Å². The smallest absolute Gasteiger partial charge is 0.244 e. The minimum Gasteiger partial charge on any atom is -0.497 e. The van der Waals surface area contributed by atoms with E-state index in [9.17, 15) is 22.8 Å². The summed E-state index contributed by atoms with van der Waals surface area (Å²) >= 11 is 0. The van der Waals surface area contributed by atoms with E-state index in [2.05, 4.69) is 5.32 Å². The molecule has 0 spiro atoms. The van der Waals surface area contributed by atoms with Gasteiger partial charge in [0.15, 0.2) is 17.5 Å². The summed E-state index contributed by atoms with van der Waals surface area (Å²) in [6.07, 6.45) is 0.476. The molecule has 1 N–H and O–H groups in total. The van der Waals surface area contributed by atoms with Gasteiger partial charge in [-0.1, -0.05) is 12.1 Å². The number of benzene rings is 2. The van der Waals surface area contributed by atoms with Gasteiger partial charge in [0, 0.05) is 13.5 Å². The maximum absolute atomic E-state index is 13.6. The van der Waals surface area contributed by atoms with Crippen LogP contribution in [0.15, 0.2) is 36.4 Å². The number of ether oxygens (including phenoxy) is 1. The summed E-state index contributed by atoms with van der Waals surface area (Å²) in [6.45, 7) is 1.20. The molecule has 2 rings (SSSR count). The van der Waals surface area contributed by atoms with Gasteiger partial charge in [-0.2, -0.15) is 0 Å². The number of carbonyl (C=O) groups excluding carboxylic acids is 2. The number of rotatable bonds is 7. The van der Waals surface area contributed by atoms with Crippen LogP contribution < -0.4 is 10.1 Å². The molecule has 5 nitrogen and oxygen atoms in total. The first kappa shape index (κ1) is 20.3. The molecule has 0 unspecified atom stereocenters. The van der Waals surface area contributed by atoms with Crippen LogP contribution in [0.25, 0.3) is 0 Å². The first-order chi connectivity index (χ1) is 12.8. The average Bonchev–Trinajstić information content (AvgIpc) is 2.65. The Hall–Kier alpha value is -3.03. The van der Waals surface area contributed by atoms with Gasteiger partial charge in [-0.25, -0.2) is 13.2 Å². The lowest BCUT2D eigenvalue weighted by Crippen LogP contribution is -2.38. The molecule has 144 valence electrons. The summed E-state index contributed by atoms with van der Waals surface area (Å²) in [4.78, 5) is 25.1. The molecule has 2 aromatic rings. The van der Waals surface area contributed by atoms with Crippen molar-refractivity contribution in [1.82, 2.24) is 4.90 Å². The third-order valence-electron chi connectivity index (χ3n) is 3.89. The van der Waals surface area contributed by atoms with Crippen molar-refractivity contribution in [3.05, 3.63) is 59.4 Å². The number of nitrogens with one attached hydrogen (secondary N) is 1. The number of amides is 2. The van der Waals surface area contributed by atoms with Crippen LogP contribution in [0.5, 0.6) is 5.75 Å². The highest BCUT2D eigenvalue weighted by Crippen LogP contribution is 2.19. The van der Waals surface area contributed by atoms with E-state index in [1.807, 2.05) is 18.2 Å². The zero-order valence-electron chi connectivity index (χ0n) is 14.9. The minimum atomic E-state index is -1.67. The predicted octanol–water partition coefficient (Wildman–Crippen LogP) is 3.14. The molecule has 0 fully saturated rings. The van der Waals surface area contributed by atoms with Gasteiger partial charge in [-0.05, 0) is 36.2 Å². The van der Waals surface area contributed by atoms with E-state index in [4.69, 9.17) is 4.74 Å². The van der Waals surface area contributed by atoms with Crippen molar-refractivity contribution in [3.8, 4) is 5.75 Å². The maximum Gasteiger partial charge on any atom is 0.244 e.